The number of ether oxygens (including phenoxy) is 1. The normalized spacial score (nSPS) is 16.7. The zero-order valence-electron chi connectivity index (χ0n) is 12.3. The van der Waals surface area contributed by atoms with Gasteiger partial charge < -0.3 is 9.64 Å². The third kappa shape index (κ3) is 3.10. The van der Waals surface area contributed by atoms with E-state index in [-0.39, 0.29) is 16.7 Å². The molecule has 0 radical (unpaired) electrons. The second-order valence-electron chi connectivity index (χ2n) is 5.58. The Morgan fingerprint density at radius 1 is 1.35 bits per heavy atom. The Labute approximate surface area is 119 Å². The quantitative estimate of drug-likeness (QED) is 0.626. The van der Waals surface area contributed by atoms with Crippen LogP contribution in [-0.2, 0) is 4.74 Å². The maximum absolute atomic E-state index is 11.2. The van der Waals surface area contributed by atoms with Crippen LogP contribution in [0, 0.1) is 10.1 Å². The van der Waals surface area contributed by atoms with Gasteiger partial charge in [0.05, 0.1) is 11.0 Å². The SMILES string of the molecule is COC1CCN(c2cc(C(C)C)ccc2[N+](=O)[O-])CC1. The third-order valence-electron chi connectivity index (χ3n) is 3.98. The number of nitrogens with zero attached hydrogens (tertiary/aromatic N) is 2. The first-order valence-corrected chi connectivity index (χ1v) is 7.09. The van der Waals surface area contributed by atoms with Crippen LogP contribution in [0.2, 0.25) is 0 Å². The van der Waals surface area contributed by atoms with Crippen LogP contribution in [-0.4, -0.2) is 31.2 Å². The van der Waals surface area contributed by atoms with Crippen LogP contribution in [0.15, 0.2) is 18.2 Å². The van der Waals surface area contributed by atoms with E-state index in [1.165, 1.54) is 0 Å². The van der Waals surface area contributed by atoms with Crippen LogP contribution in [0.4, 0.5) is 11.4 Å². The summed E-state index contributed by atoms with van der Waals surface area (Å²) in [6.45, 7) is 5.81. The molecule has 0 saturated carbocycles. The number of rotatable bonds is 4. The topological polar surface area (TPSA) is 55.6 Å². The lowest BCUT2D eigenvalue weighted by atomic mass is 10.00. The lowest BCUT2D eigenvalue weighted by Gasteiger charge is -2.32. The van der Waals surface area contributed by atoms with Gasteiger partial charge in [0.2, 0.25) is 0 Å². The predicted molar refractivity (Wildman–Crippen MR) is 79.4 cm³/mol. The number of nitro groups is 1. The van der Waals surface area contributed by atoms with Gasteiger partial charge in [-0.15, -0.1) is 0 Å². The molecule has 0 aromatic heterocycles. The third-order valence-corrected chi connectivity index (χ3v) is 3.98. The number of benzene rings is 1. The maximum atomic E-state index is 11.2. The molecule has 1 aliphatic rings. The molecule has 5 nitrogen and oxygen atoms in total. The Hall–Kier alpha value is -1.62. The smallest absolute Gasteiger partial charge is 0.292 e. The highest BCUT2D eigenvalue weighted by molar-refractivity contribution is 5.65. The summed E-state index contributed by atoms with van der Waals surface area (Å²) in [5, 5.41) is 11.2. The second-order valence-corrected chi connectivity index (χ2v) is 5.58. The summed E-state index contributed by atoms with van der Waals surface area (Å²) in [4.78, 5) is 13.0. The van der Waals surface area contributed by atoms with E-state index in [1.807, 2.05) is 12.1 Å². The molecule has 0 amide bonds. The van der Waals surface area contributed by atoms with E-state index in [9.17, 15) is 10.1 Å². The molecule has 0 N–H and O–H groups in total. The molecule has 0 unspecified atom stereocenters. The van der Waals surface area contributed by atoms with Gasteiger partial charge in [-0.2, -0.15) is 0 Å². The van der Waals surface area contributed by atoms with Crippen molar-refractivity contribution in [1.82, 2.24) is 0 Å². The number of nitro benzene ring substituents is 1. The molecule has 1 heterocycles. The summed E-state index contributed by atoms with van der Waals surface area (Å²) in [6.07, 6.45) is 2.11. The summed E-state index contributed by atoms with van der Waals surface area (Å²) < 4.78 is 5.35. The zero-order valence-corrected chi connectivity index (χ0v) is 12.3. The fourth-order valence-corrected chi connectivity index (χ4v) is 2.64. The highest BCUT2D eigenvalue weighted by Crippen LogP contribution is 2.33. The summed E-state index contributed by atoms with van der Waals surface area (Å²) in [7, 11) is 1.72. The van der Waals surface area contributed by atoms with Crippen molar-refractivity contribution in [2.45, 2.75) is 38.7 Å². The van der Waals surface area contributed by atoms with Crippen LogP contribution in [0.5, 0.6) is 0 Å². The predicted octanol–water partition coefficient (Wildman–Crippen LogP) is 3.33. The monoisotopic (exact) mass is 278 g/mol. The van der Waals surface area contributed by atoms with E-state index in [0.717, 1.165) is 37.2 Å². The van der Waals surface area contributed by atoms with Crippen molar-refractivity contribution in [3.63, 3.8) is 0 Å². The van der Waals surface area contributed by atoms with Crippen molar-refractivity contribution in [3.8, 4) is 0 Å². The summed E-state index contributed by atoms with van der Waals surface area (Å²) >= 11 is 0. The minimum Gasteiger partial charge on any atom is -0.381 e. The fraction of sp³-hybridized carbons (Fsp3) is 0.600. The molecule has 5 heteroatoms. The molecular formula is C15H22N2O3. The first-order valence-electron chi connectivity index (χ1n) is 7.09. The van der Waals surface area contributed by atoms with Gasteiger partial charge >= 0.3 is 0 Å². The number of anilines is 1. The first-order chi connectivity index (χ1) is 9.52. The van der Waals surface area contributed by atoms with E-state index in [0.29, 0.717) is 5.92 Å². The maximum Gasteiger partial charge on any atom is 0.292 e. The molecule has 0 atom stereocenters. The van der Waals surface area contributed by atoms with Gasteiger partial charge in [0.1, 0.15) is 5.69 Å². The van der Waals surface area contributed by atoms with Crippen LogP contribution in [0.25, 0.3) is 0 Å². The summed E-state index contributed by atoms with van der Waals surface area (Å²) in [5.74, 6) is 0.367. The Morgan fingerprint density at radius 2 is 2.00 bits per heavy atom. The van der Waals surface area contributed by atoms with Gasteiger partial charge in [0.25, 0.3) is 5.69 Å². The van der Waals surface area contributed by atoms with E-state index < -0.39 is 0 Å². The standard InChI is InChI=1S/C15H22N2O3/c1-11(2)12-4-5-14(17(18)19)15(10-12)16-8-6-13(20-3)7-9-16/h4-5,10-11,13H,6-9H2,1-3H3. The molecule has 1 aromatic carbocycles. The number of piperidine rings is 1. The molecule has 0 bridgehead atoms. The molecule has 20 heavy (non-hydrogen) atoms. The average Bonchev–Trinajstić information content (AvgIpc) is 2.46. The molecule has 0 aliphatic carbocycles. The molecule has 1 aliphatic heterocycles. The van der Waals surface area contributed by atoms with Crippen molar-refractivity contribution < 1.29 is 9.66 Å². The summed E-state index contributed by atoms with van der Waals surface area (Å²) in [5.41, 5.74) is 2.08. The average molecular weight is 278 g/mol. The highest BCUT2D eigenvalue weighted by Gasteiger charge is 2.25. The Morgan fingerprint density at radius 3 is 2.50 bits per heavy atom. The lowest BCUT2D eigenvalue weighted by Crippen LogP contribution is -2.37. The Kier molecular flexibility index (Phi) is 4.60. The van der Waals surface area contributed by atoms with Crippen molar-refractivity contribution in [3.05, 3.63) is 33.9 Å². The van der Waals surface area contributed by atoms with Gasteiger partial charge in [0.15, 0.2) is 0 Å². The van der Waals surface area contributed by atoms with Crippen molar-refractivity contribution in [2.75, 3.05) is 25.1 Å². The molecule has 2 rings (SSSR count). The molecular weight excluding hydrogens is 256 g/mol. The number of methoxy groups -OCH3 is 1. The van der Waals surface area contributed by atoms with Crippen LogP contribution in [0.1, 0.15) is 38.2 Å². The van der Waals surface area contributed by atoms with E-state index >= 15 is 0 Å². The Bertz CT molecular complexity index is 480. The van der Waals surface area contributed by atoms with Crippen LogP contribution >= 0.6 is 0 Å². The minimum absolute atomic E-state index is 0.199. The zero-order chi connectivity index (χ0) is 14.7. The number of hydrogen-bond acceptors (Lipinski definition) is 4. The lowest BCUT2D eigenvalue weighted by molar-refractivity contribution is -0.384. The first kappa shape index (κ1) is 14.8. The van der Waals surface area contributed by atoms with Crippen molar-refractivity contribution in [2.24, 2.45) is 0 Å². The number of hydrogen-bond donors (Lipinski definition) is 0. The molecule has 1 fully saturated rings. The Balaban J connectivity index is 2.28. The van der Waals surface area contributed by atoms with Gasteiger partial charge in [-0.25, -0.2) is 0 Å². The molecule has 0 spiro atoms. The molecule has 1 saturated heterocycles. The van der Waals surface area contributed by atoms with Crippen LogP contribution < -0.4 is 4.90 Å². The van der Waals surface area contributed by atoms with Crippen molar-refractivity contribution >= 4 is 11.4 Å². The summed E-state index contributed by atoms with van der Waals surface area (Å²) in [6, 6.07) is 5.46. The van der Waals surface area contributed by atoms with Gasteiger partial charge in [-0.05, 0) is 30.4 Å². The van der Waals surface area contributed by atoms with Crippen LogP contribution in [0.3, 0.4) is 0 Å². The van der Waals surface area contributed by atoms with Gasteiger partial charge in [-0.1, -0.05) is 19.9 Å². The minimum atomic E-state index is -0.290. The molecule has 1 aromatic rings. The van der Waals surface area contributed by atoms with E-state index in [1.54, 1.807) is 13.2 Å². The largest absolute Gasteiger partial charge is 0.381 e. The van der Waals surface area contributed by atoms with Gasteiger partial charge in [0, 0.05) is 26.3 Å². The van der Waals surface area contributed by atoms with Crippen molar-refractivity contribution in [1.29, 1.82) is 0 Å². The van der Waals surface area contributed by atoms with E-state index in [2.05, 4.69) is 18.7 Å². The molecule has 110 valence electrons. The fourth-order valence-electron chi connectivity index (χ4n) is 2.64. The van der Waals surface area contributed by atoms with E-state index in [4.69, 9.17) is 4.74 Å². The van der Waals surface area contributed by atoms with Gasteiger partial charge in [-0.3, -0.25) is 10.1 Å². The highest BCUT2D eigenvalue weighted by atomic mass is 16.6. The second kappa shape index (κ2) is 6.22.